The van der Waals surface area contributed by atoms with Gasteiger partial charge in [0.25, 0.3) is 11.8 Å². The third-order valence-electron chi connectivity index (χ3n) is 7.01. The van der Waals surface area contributed by atoms with Gasteiger partial charge in [0.15, 0.2) is 0 Å². The molecule has 3 aromatic rings. The molecule has 2 heterocycles. The van der Waals surface area contributed by atoms with Gasteiger partial charge in [0.05, 0.1) is 29.0 Å². The van der Waals surface area contributed by atoms with Crippen molar-refractivity contribution in [3.63, 3.8) is 0 Å². The number of hydrogen-bond donors (Lipinski definition) is 3. The number of carbonyl (C=O) groups excluding carboxylic acids is 4. The highest BCUT2D eigenvalue weighted by molar-refractivity contribution is 7.81. The van der Waals surface area contributed by atoms with Gasteiger partial charge in [0.2, 0.25) is 11.8 Å². The van der Waals surface area contributed by atoms with Crippen LogP contribution in [0.4, 0.5) is 0 Å². The summed E-state index contributed by atoms with van der Waals surface area (Å²) in [6, 6.07) is 13.9. The molecule has 0 saturated carbocycles. The van der Waals surface area contributed by atoms with Gasteiger partial charge < -0.3 is 19.9 Å². The van der Waals surface area contributed by atoms with Gasteiger partial charge in [-0.2, -0.15) is 12.6 Å². The Hall–Kier alpha value is -3.79. The molecule has 0 saturated heterocycles. The number of fused-ring (bicyclic) bond motifs is 2. The minimum atomic E-state index is -0.695. The Balaban J connectivity index is 1.26. The van der Waals surface area contributed by atoms with Gasteiger partial charge >= 0.3 is 0 Å². The number of aromatic nitrogens is 1. The smallest absolute Gasteiger partial charge is 0.261 e. The number of amides is 4. The van der Waals surface area contributed by atoms with Gasteiger partial charge in [-0.15, -0.1) is 0 Å². The zero-order valence-corrected chi connectivity index (χ0v) is 23.9. The van der Waals surface area contributed by atoms with E-state index in [0.717, 1.165) is 16.7 Å². The van der Waals surface area contributed by atoms with Gasteiger partial charge in [0.1, 0.15) is 11.8 Å². The van der Waals surface area contributed by atoms with Crippen LogP contribution in [-0.2, 0) is 16.1 Å². The van der Waals surface area contributed by atoms with Crippen LogP contribution < -0.4 is 15.4 Å². The minimum absolute atomic E-state index is 0.184. The Morgan fingerprint density at radius 1 is 0.975 bits per heavy atom. The first kappa shape index (κ1) is 29.2. The Kier molecular flexibility index (Phi) is 9.52. The molecule has 0 bridgehead atoms. The van der Waals surface area contributed by atoms with Crippen LogP contribution in [-0.4, -0.2) is 64.6 Å². The first-order valence-corrected chi connectivity index (χ1v) is 14.1. The number of thiol groups is 1. The molecule has 1 aliphatic heterocycles. The summed E-state index contributed by atoms with van der Waals surface area (Å²) in [5, 5.41) is 6.20. The third-order valence-corrected chi connectivity index (χ3v) is 7.51. The molecule has 212 valence electrons. The van der Waals surface area contributed by atoms with Crippen LogP contribution >= 0.6 is 12.6 Å². The maximum atomic E-state index is 13.0. The summed E-state index contributed by atoms with van der Waals surface area (Å²) in [5.41, 5.74) is 1.82. The predicted molar refractivity (Wildman–Crippen MR) is 157 cm³/mol. The zero-order chi connectivity index (χ0) is 28.8. The largest absolute Gasteiger partial charge is 0.497 e. The van der Waals surface area contributed by atoms with Gasteiger partial charge in [-0.05, 0) is 60.9 Å². The maximum Gasteiger partial charge on any atom is 0.261 e. The summed E-state index contributed by atoms with van der Waals surface area (Å²) in [4.78, 5) is 52.3. The Labute approximate surface area is 239 Å². The van der Waals surface area contributed by atoms with Crippen LogP contribution in [0.25, 0.3) is 10.9 Å². The van der Waals surface area contributed by atoms with Crippen LogP contribution in [0.5, 0.6) is 5.75 Å². The number of ether oxygens (including phenoxy) is 1. The first-order chi connectivity index (χ1) is 19.2. The highest BCUT2D eigenvalue weighted by Crippen LogP contribution is 2.24. The molecule has 0 fully saturated rings. The fraction of sp³-hybridized carbons (Fsp3) is 0.400. The van der Waals surface area contributed by atoms with E-state index in [9.17, 15) is 19.2 Å². The monoisotopic (exact) mass is 564 g/mol. The normalized spacial score (nSPS) is 14.4. The third kappa shape index (κ3) is 6.67. The summed E-state index contributed by atoms with van der Waals surface area (Å²) in [7, 11) is 1.63. The number of methoxy groups -OCH3 is 1. The molecule has 0 radical (unpaired) electrons. The summed E-state index contributed by atoms with van der Waals surface area (Å²) in [6.07, 6.45) is 3.22. The van der Waals surface area contributed by atoms with Crippen LogP contribution in [0, 0.1) is 5.92 Å². The van der Waals surface area contributed by atoms with Crippen LogP contribution in [0.15, 0.2) is 54.7 Å². The highest BCUT2D eigenvalue weighted by Gasteiger charge is 2.34. The number of carbonyl (C=O) groups is 4. The number of nitrogens with one attached hydrogen (secondary N) is 2. The van der Waals surface area contributed by atoms with Crippen molar-refractivity contribution in [3.05, 3.63) is 65.9 Å². The van der Waals surface area contributed by atoms with Gasteiger partial charge in [0, 0.05) is 31.9 Å². The van der Waals surface area contributed by atoms with E-state index in [-0.39, 0.29) is 36.1 Å². The van der Waals surface area contributed by atoms with E-state index in [1.165, 1.54) is 4.90 Å². The van der Waals surface area contributed by atoms with E-state index in [1.807, 2.05) is 48.9 Å². The maximum absolute atomic E-state index is 13.0. The second-order valence-corrected chi connectivity index (χ2v) is 11.0. The molecule has 9 nitrogen and oxygen atoms in total. The van der Waals surface area contributed by atoms with Gasteiger partial charge in [-0.3, -0.25) is 24.1 Å². The average molecular weight is 565 g/mol. The van der Waals surface area contributed by atoms with Crippen molar-refractivity contribution in [1.82, 2.24) is 20.1 Å². The van der Waals surface area contributed by atoms with Crippen molar-refractivity contribution in [1.29, 1.82) is 0 Å². The lowest BCUT2D eigenvalue weighted by molar-refractivity contribution is -0.129. The SMILES string of the molecule is COc1ccc2ccn(CCNC(=O)[C@H](CC(C)C)NC(=O)C(S)CCCN3C(=O)c4ccccc4C3=O)c2c1. The number of benzene rings is 2. The van der Waals surface area contributed by atoms with Crippen molar-refractivity contribution >= 4 is 47.2 Å². The zero-order valence-electron chi connectivity index (χ0n) is 23.1. The van der Waals surface area contributed by atoms with Crippen LogP contribution in [0.2, 0.25) is 0 Å². The topological polar surface area (TPSA) is 110 Å². The van der Waals surface area contributed by atoms with Crippen molar-refractivity contribution in [2.75, 3.05) is 20.2 Å². The molecular formula is C30H36N4O5S. The number of imide groups is 1. The Morgan fingerprint density at radius 3 is 2.33 bits per heavy atom. The van der Waals surface area contributed by atoms with Gasteiger partial charge in [-0.25, -0.2) is 0 Å². The summed E-state index contributed by atoms with van der Waals surface area (Å²) in [6.45, 7) is 5.15. The lowest BCUT2D eigenvalue weighted by atomic mass is 10.0. The standard InChI is InChI=1S/C30H36N4O5S/c1-19(2)17-24(27(35)31-13-16-33-15-12-20-10-11-21(39-3)18-25(20)33)32-28(36)26(40)9-6-14-34-29(37)22-7-4-5-8-23(22)30(34)38/h4-5,7-8,10-12,15,18-19,24,26,40H,6,9,13-14,16-17H2,1-3H3,(H,31,35)(H,32,36)/t24-,26?/m0/s1. The Morgan fingerprint density at radius 2 is 1.68 bits per heavy atom. The fourth-order valence-electron chi connectivity index (χ4n) is 4.90. The summed E-state index contributed by atoms with van der Waals surface area (Å²) in [5.74, 6) is -0.286. The molecule has 0 spiro atoms. The lowest BCUT2D eigenvalue weighted by Crippen LogP contribution is -2.50. The quantitative estimate of drug-likeness (QED) is 0.217. The van der Waals surface area contributed by atoms with E-state index in [1.54, 1.807) is 31.4 Å². The molecule has 40 heavy (non-hydrogen) atoms. The summed E-state index contributed by atoms with van der Waals surface area (Å²) >= 11 is 4.45. The molecule has 2 aromatic carbocycles. The molecule has 0 aliphatic carbocycles. The van der Waals surface area contributed by atoms with Crippen molar-refractivity contribution in [3.8, 4) is 5.75 Å². The van der Waals surface area contributed by atoms with E-state index < -0.39 is 11.3 Å². The number of nitrogens with zero attached hydrogens (tertiary/aromatic N) is 2. The van der Waals surface area contributed by atoms with Crippen molar-refractivity contribution < 1.29 is 23.9 Å². The molecule has 1 unspecified atom stereocenters. The van der Waals surface area contributed by atoms with E-state index >= 15 is 0 Å². The average Bonchev–Trinajstić information content (AvgIpc) is 3.45. The molecule has 2 atom stereocenters. The molecular weight excluding hydrogens is 528 g/mol. The first-order valence-electron chi connectivity index (χ1n) is 13.5. The van der Waals surface area contributed by atoms with Crippen molar-refractivity contribution in [2.45, 2.75) is 50.9 Å². The molecule has 4 rings (SSSR count). The molecule has 2 N–H and O–H groups in total. The second kappa shape index (κ2) is 13.0. The molecule has 10 heteroatoms. The molecule has 1 aromatic heterocycles. The molecule has 4 amide bonds. The minimum Gasteiger partial charge on any atom is -0.497 e. The number of hydrogen-bond acceptors (Lipinski definition) is 6. The van der Waals surface area contributed by atoms with Crippen LogP contribution in [0.1, 0.15) is 53.8 Å². The van der Waals surface area contributed by atoms with Crippen LogP contribution in [0.3, 0.4) is 0 Å². The summed E-state index contributed by atoms with van der Waals surface area (Å²) < 4.78 is 7.37. The van der Waals surface area contributed by atoms with E-state index in [2.05, 4.69) is 23.3 Å². The second-order valence-electron chi connectivity index (χ2n) is 10.4. The lowest BCUT2D eigenvalue weighted by Gasteiger charge is -2.22. The van der Waals surface area contributed by atoms with Crippen molar-refractivity contribution in [2.24, 2.45) is 5.92 Å². The van der Waals surface area contributed by atoms with E-state index in [0.29, 0.717) is 43.5 Å². The molecule has 1 aliphatic rings. The fourth-order valence-corrected chi connectivity index (χ4v) is 5.15. The Bertz CT molecular complexity index is 1370. The highest BCUT2D eigenvalue weighted by atomic mass is 32.1. The predicted octanol–water partition coefficient (Wildman–Crippen LogP) is 3.67. The number of rotatable bonds is 13. The van der Waals surface area contributed by atoms with E-state index in [4.69, 9.17) is 4.74 Å². The van der Waals surface area contributed by atoms with Gasteiger partial charge in [-0.1, -0.05) is 26.0 Å².